The number of aryl methyl sites for hydroxylation is 2. The number of hydrogen-bond donors (Lipinski definition) is 2. The predicted molar refractivity (Wildman–Crippen MR) is 135 cm³/mol. The molecule has 8 nitrogen and oxygen atoms in total. The van der Waals surface area contributed by atoms with Crippen LogP contribution >= 0.6 is 0 Å². The summed E-state index contributed by atoms with van der Waals surface area (Å²) < 4.78 is 13.1. The van der Waals surface area contributed by atoms with E-state index < -0.39 is 0 Å². The first kappa shape index (κ1) is 24.8. The minimum atomic E-state index is -0.292. The fraction of sp³-hybridized carbons (Fsp3) is 0.346. The molecule has 0 bridgehead atoms. The van der Waals surface area contributed by atoms with Gasteiger partial charge in [0.2, 0.25) is 5.96 Å². The average Bonchev–Trinajstić information content (AvgIpc) is 3.07. The minimum Gasteiger partial charge on any atom is -0.490 e. The molecule has 0 aliphatic heterocycles. The number of guanidine groups is 1. The smallest absolute Gasteiger partial charge is 0.258 e. The molecule has 1 heterocycles. The molecule has 34 heavy (non-hydrogen) atoms. The van der Waals surface area contributed by atoms with E-state index in [0.717, 1.165) is 23.5 Å². The molecule has 0 aliphatic rings. The number of ether oxygens (including phenoxy) is 2. The highest BCUT2D eigenvalue weighted by molar-refractivity contribution is 6.10. The van der Waals surface area contributed by atoms with Crippen LogP contribution in [0.25, 0.3) is 0 Å². The lowest BCUT2D eigenvalue weighted by Crippen LogP contribution is -2.36. The lowest BCUT2D eigenvalue weighted by Gasteiger charge is -2.14. The maximum atomic E-state index is 13.1. The Hall–Kier alpha value is -3.81. The van der Waals surface area contributed by atoms with E-state index >= 15 is 0 Å². The molecule has 180 valence electrons. The number of para-hydroxylation sites is 1. The number of aromatic nitrogens is 2. The number of benzene rings is 2. The molecule has 3 rings (SSSR count). The monoisotopic (exact) mass is 463 g/mol. The number of anilines is 1. The summed E-state index contributed by atoms with van der Waals surface area (Å²) in [5.41, 5.74) is 4.57. The number of aliphatic imine (C=N–C) groups is 1. The quantitative estimate of drug-likeness (QED) is 0.365. The molecule has 8 heteroatoms. The van der Waals surface area contributed by atoms with Crippen molar-refractivity contribution in [2.75, 3.05) is 25.1 Å². The van der Waals surface area contributed by atoms with Crippen LogP contribution < -0.4 is 20.1 Å². The summed E-state index contributed by atoms with van der Waals surface area (Å²) in [4.78, 5) is 17.7. The van der Waals surface area contributed by atoms with Crippen molar-refractivity contribution in [2.24, 2.45) is 12.0 Å². The highest BCUT2D eigenvalue weighted by atomic mass is 16.5. The standard InChI is InChI=1S/C26H33N5O3/c1-6-33-23-14-13-20(17-24(23)34-7-2)25(32)29-26(28-21-11-9-8-10-12-21)27-16-15-22-18(3)30-31(5)19(22)4/h8-14,17H,6-7,15-16H2,1-5H3,(H2,27,28,29,32). The fourth-order valence-corrected chi connectivity index (χ4v) is 3.60. The number of rotatable bonds is 9. The van der Waals surface area contributed by atoms with Gasteiger partial charge in [-0.3, -0.25) is 19.8 Å². The Balaban J connectivity index is 1.79. The molecule has 0 saturated heterocycles. The topological polar surface area (TPSA) is 89.8 Å². The summed E-state index contributed by atoms with van der Waals surface area (Å²) in [7, 11) is 1.94. The van der Waals surface area contributed by atoms with Crippen LogP contribution in [-0.4, -0.2) is 41.4 Å². The summed E-state index contributed by atoms with van der Waals surface area (Å²) >= 11 is 0. The van der Waals surface area contributed by atoms with E-state index in [2.05, 4.69) is 20.7 Å². The van der Waals surface area contributed by atoms with Crippen molar-refractivity contribution in [3.63, 3.8) is 0 Å². The molecule has 1 aromatic heterocycles. The molecule has 0 unspecified atom stereocenters. The van der Waals surface area contributed by atoms with Gasteiger partial charge in [-0.05, 0) is 70.0 Å². The first-order chi connectivity index (χ1) is 16.4. The highest BCUT2D eigenvalue weighted by Gasteiger charge is 2.14. The summed E-state index contributed by atoms with van der Waals surface area (Å²) in [5, 5.41) is 10.6. The van der Waals surface area contributed by atoms with Gasteiger partial charge in [0.25, 0.3) is 5.91 Å². The molecule has 0 fully saturated rings. The second kappa shape index (κ2) is 11.9. The van der Waals surface area contributed by atoms with Gasteiger partial charge in [-0.1, -0.05) is 18.2 Å². The van der Waals surface area contributed by atoms with Crippen LogP contribution in [0.1, 0.15) is 41.2 Å². The van der Waals surface area contributed by atoms with Gasteiger partial charge in [-0.2, -0.15) is 5.10 Å². The number of amides is 1. The van der Waals surface area contributed by atoms with Gasteiger partial charge in [0.15, 0.2) is 11.5 Å². The minimum absolute atomic E-state index is 0.292. The van der Waals surface area contributed by atoms with E-state index in [-0.39, 0.29) is 5.91 Å². The van der Waals surface area contributed by atoms with Crippen LogP contribution in [0.3, 0.4) is 0 Å². The number of nitrogens with one attached hydrogen (secondary N) is 2. The molecule has 0 saturated carbocycles. The van der Waals surface area contributed by atoms with Crippen molar-refractivity contribution >= 4 is 17.6 Å². The van der Waals surface area contributed by atoms with Gasteiger partial charge < -0.3 is 14.8 Å². The van der Waals surface area contributed by atoms with Crippen LogP contribution in [0.4, 0.5) is 5.69 Å². The van der Waals surface area contributed by atoms with Gasteiger partial charge in [0.05, 0.1) is 18.9 Å². The first-order valence-corrected chi connectivity index (χ1v) is 11.5. The Kier molecular flexibility index (Phi) is 8.67. The SMILES string of the molecule is CCOc1ccc(C(=O)NC(=NCCc2c(C)nn(C)c2C)Nc2ccccc2)cc1OCC. The van der Waals surface area contributed by atoms with Crippen molar-refractivity contribution in [2.45, 2.75) is 34.1 Å². The molecule has 0 atom stereocenters. The van der Waals surface area contributed by atoms with E-state index in [9.17, 15) is 4.79 Å². The normalized spacial score (nSPS) is 11.3. The van der Waals surface area contributed by atoms with Crippen molar-refractivity contribution in [1.82, 2.24) is 15.1 Å². The maximum absolute atomic E-state index is 13.1. The Bertz CT molecular complexity index is 1140. The third-order valence-corrected chi connectivity index (χ3v) is 5.36. The lowest BCUT2D eigenvalue weighted by molar-refractivity contribution is 0.0976. The zero-order valence-electron chi connectivity index (χ0n) is 20.5. The zero-order chi connectivity index (χ0) is 24.5. The maximum Gasteiger partial charge on any atom is 0.258 e. The van der Waals surface area contributed by atoms with Crippen LogP contribution in [0.5, 0.6) is 11.5 Å². The summed E-state index contributed by atoms with van der Waals surface area (Å²) in [5.74, 6) is 1.23. The van der Waals surface area contributed by atoms with Crippen LogP contribution in [0, 0.1) is 13.8 Å². The fourth-order valence-electron chi connectivity index (χ4n) is 3.60. The van der Waals surface area contributed by atoms with Crippen LogP contribution in [0.2, 0.25) is 0 Å². The van der Waals surface area contributed by atoms with E-state index in [1.807, 2.05) is 69.8 Å². The molecule has 0 aliphatic carbocycles. The van der Waals surface area contributed by atoms with E-state index in [1.165, 1.54) is 5.56 Å². The summed E-state index contributed by atoms with van der Waals surface area (Å²) in [6, 6.07) is 14.8. The van der Waals surface area contributed by atoms with Gasteiger partial charge in [0, 0.05) is 30.5 Å². The first-order valence-electron chi connectivity index (χ1n) is 11.5. The van der Waals surface area contributed by atoms with Crippen molar-refractivity contribution < 1.29 is 14.3 Å². The van der Waals surface area contributed by atoms with Crippen molar-refractivity contribution in [3.8, 4) is 11.5 Å². The Morgan fingerprint density at radius 3 is 2.38 bits per heavy atom. The molecule has 2 N–H and O–H groups in total. The third-order valence-electron chi connectivity index (χ3n) is 5.36. The van der Waals surface area contributed by atoms with Crippen LogP contribution in [0.15, 0.2) is 53.5 Å². The number of carbonyl (C=O) groups is 1. The Morgan fingerprint density at radius 2 is 1.74 bits per heavy atom. The van der Waals surface area contributed by atoms with Gasteiger partial charge in [-0.15, -0.1) is 0 Å². The van der Waals surface area contributed by atoms with Crippen LogP contribution in [-0.2, 0) is 13.5 Å². The summed E-state index contributed by atoms with van der Waals surface area (Å²) in [6.45, 7) is 9.33. The lowest BCUT2D eigenvalue weighted by atomic mass is 10.1. The molecular weight excluding hydrogens is 430 g/mol. The molecule has 0 spiro atoms. The van der Waals surface area contributed by atoms with Crippen molar-refractivity contribution in [3.05, 3.63) is 71.0 Å². The van der Waals surface area contributed by atoms with E-state index in [4.69, 9.17) is 9.47 Å². The third kappa shape index (κ3) is 6.37. The van der Waals surface area contributed by atoms with Gasteiger partial charge in [0.1, 0.15) is 0 Å². The molecule has 0 radical (unpaired) electrons. The molecule has 2 aromatic carbocycles. The zero-order valence-corrected chi connectivity index (χ0v) is 20.5. The second-order valence-electron chi connectivity index (χ2n) is 7.73. The predicted octanol–water partition coefficient (Wildman–Crippen LogP) is 4.27. The highest BCUT2D eigenvalue weighted by Crippen LogP contribution is 2.28. The largest absolute Gasteiger partial charge is 0.490 e. The summed E-state index contributed by atoms with van der Waals surface area (Å²) in [6.07, 6.45) is 0.721. The van der Waals surface area contributed by atoms with E-state index in [1.54, 1.807) is 18.2 Å². The molecular formula is C26H33N5O3. The van der Waals surface area contributed by atoms with E-state index in [0.29, 0.717) is 42.8 Å². The van der Waals surface area contributed by atoms with Gasteiger partial charge in [-0.25, -0.2) is 0 Å². The Morgan fingerprint density at radius 1 is 1.03 bits per heavy atom. The van der Waals surface area contributed by atoms with Gasteiger partial charge >= 0.3 is 0 Å². The number of nitrogens with zero attached hydrogens (tertiary/aromatic N) is 3. The number of hydrogen-bond acceptors (Lipinski definition) is 5. The average molecular weight is 464 g/mol. The Labute approximate surface area is 201 Å². The molecule has 3 aromatic rings. The number of carbonyl (C=O) groups excluding carboxylic acids is 1. The van der Waals surface area contributed by atoms with Crippen molar-refractivity contribution in [1.29, 1.82) is 0 Å². The second-order valence-corrected chi connectivity index (χ2v) is 7.73. The molecule has 1 amide bonds.